The Labute approximate surface area is 86.8 Å². The summed E-state index contributed by atoms with van der Waals surface area (Å²) >= 11 is 0. The zero-order valence-corrected chi connectivity index (χ0v) is 8.94. The molecule has 4 heteroatoms. The molecule has 0 unspecified atom stereocenters. The van der Waals surface area contributed by atoms with Gasteiger partial charge >= 0.3 is 5.76 Å². The third-order valence-electron chi connectivity index (χ3n) is 2.50. The third kappa shape index (κ3) is 1.57. The van der Waals surface area contributed by atoms with Crippen LogP contribution >= 0.6 is 0 Å². The number of aromatic nitrogens is 1. The Morgan fingerprint density at radius 1 is 1.40 bits per heavy atom. The lowest BCUT2D eigenvalue weighted by atomic mass is 9.98. The molecule has 0 aliphatic heterocycles. The van der Waals surface area contributed by atoms with E-state index in [0.717, 1.165) is 11.1 Å². The normalized spacial score (nSPS) is 12.3. The van der Waals surface area contributed by atoms with Crippen molar-refractivity contribution in [2.45, 2.75) is 19.4 Å². The van der Waals surface area contributed by atoms with E-state index in [1.54, 1.807) is 39.1 Å². The average Bonchev–Trinajstić information content (AvgIpc) is 2.41. The first-order valence-electron chi connectivity index (χ1n) is 4.72. The molecular weight excluding hydrogens is 194 g/mol. The fourth-order valence-corrected chi connectivity index (χ4v) is 1.51. The van der Waals surface area contributed by atoms with Gasteiger partial charge in [0.05, 0.1) is 11.1 Å². The molecule has 0 bridgehead atoms. The fourth-order valence-electron chi connectivity index (χ4n) is 1.51. The summed E-state index contributed by atoms with van der Waals surface area (Å²) in [5.74, 6) is -0.391. The number of fused-ring (bicyclic) bond motifs is 1. The summed E-state index contributed by atoms with van der Waals surface area (Å²) in [4.78, 5) is 11.2. The molecule has 0 aliphatic rings. The van der Waals surface area contributed by atoms with Crippen molar-refractivity contribution < 1.29 is 9.52 Å². The lowest BCUT2D eigenvalue weighted by Gasteiger charge is -2.17. The monoisotopic (exact) mass is 207 g/mol. The van der Waals surface area contributed by atoms with E-state index in [0.29, 0.717) is 5.58 Å². The summed E-state index contributed by atoms with van der Waals surface area (Å²) in [6.07, 6.45) is 0. The second-order valence-corrected chi connectivity index (χ2v) is 4.17. The molecule has 1 aromatic carbocycles. The van der Waals surface area contributed by atoms with Gasteiger partial charge in [0.2, 0.25) is 0 Å². The average molecular weight is 207 g/mol. The van der Waals surface area contributed by atoms with E-state index in [1.165, 1.54) is 4.57 Å². The van der Waals surface area contributed by atoms with Crippen LogP contribution in [0.1, 0.15) is 19.4 Å². The van der Waals surface area contributed by atoms with Crippen molar-refractivity contribution in [2.24, 2.45) is 7.05 Å². The summed E-state index contributed by atoms with van der Waals surface area (Å²) in [5, 5.41) is 9.80. The molecule has 0 fully saturated rings. The van der Waals surface area contributed by atoms with Crippen LogP contribution in [0.5, 0.6) is 0 Å². The van der Waals surface area contributed by atoms with Crippen molar-refractivity contribution in [3.63, 3.8) is 0 Å². The standard InChI is InChI=1S/C11H13NO3/c1-11(2,14)7-4-5-8-9(6-7)15-10(13)12(8)3/h4-6,14H,1-3H3. The molecule has 15 heavy (non-hydrogen) atoms. The van der Waals surface area contributed by atoms with Gasteiger partial charge in [-0.2, -0.15) is 0 Å². The largest absolute Gasteiger partial charge is 0.419 e. The summed E-state index contributed by atoms with van der Waals surface area (Å²) in [6, 6.07) is 5.25. The van der Waals surface area contributed by atoms with Gasteiger partial charge in [-0.25, -0.2) is 4.79 Å². The van der Waals surface area contributed by atoms with Crippen LogP contribution in [0.15, 0.2) is 27.4 Å². The SMILES string of the molecule is Cn1c(=O)oc2cc(C(C)(C)O)ccc21. The van der Waals surface area contributed by atoms with Gasteiger partial charge in [0.15, 0.2) is 5.58 Å². The number of hydrogen-bond donors (Lipinski definition) is 1. The van der Waals surface area contributed by atoms with Gasteiger partial charge in [-0.3, -0.25) is 4.57 Å². The maximum atomic E-state index is 11.2. The number of rotatable bonds is 1. The van der Waals surface area contributed by atoms with E-state index >= 15 is 0 Å². The van der Waals surface area contributed by atoms with E-state index in [2.05, 4.69) is 0 Å². The molecule has 80 valence electrons. The molecule has 0 saturated heterocycles. The third-order valence-corrected chi connectivity index (χ3v) is 2.50. The highest BCUT2D eigenvalue weighted by Crippen LogP contribution is 2.23. The number of aliphatic hydroxyl groups is 1. The van der Waals surface area contributed by atoms with E-state index in [9.17, 15) is 9.90 Å². The highest BCUT2D eigenvalue weighted by atomic mass is 16.4. The topological polar surface area (TPSA) is 55.4 Å². The summed E-state index contributed by atoms with van der Waals surface area (Å²) in [7, 11) is 1.65. The lowest BCUT2D eigenvalue weighted by molar-refractivity contribution is 0.0786. The molecule has 0 radical (unpaired) electrons. The second-order valence-electron chi connectivity index (χ2n) is 4.17. The van der Waals surface area contributed by atoms with Crippen LogP contribution in [0.25, 0.3) is 11.1 Å². The number of benzene rings is 1. The maximum Gasteiger partial charge on any atom is 0.419 e. The van der Waals surface area contributed by atoms with Gasteiger partial charge in [0, 0.05) is 7.05 Å². The van der Waals surface area contributed by atoms with Gasteiger partial charge in [-0.15, -0.1) is 0 Å². The van der Waals surface area contributed by atoms with Crippen LogP contribution in [0.2, 0.25) is 0 Å². The predicted molar refractivity (Wildman–Crippen MR) is 56.7 cm³/mol. The van der Waals surface area contributed by atoms with Crippen molar-refractivity contribution in [3.05, 3.63) is 34.3 Å². The van der Waals surface area contributed by atoms with Gasteiger partial charge in [-0.05, 0) is 31.5 Å². The molecule has 0 amide bonds. The van der Waals surface area contributed by atoms with Crippen LogP contribution in [0.4, 0.5) is 0 Å². The first kappa shape index (κ1) is 9.98. The van der Waals surface area contributed by atoms with E-state index < -0.39 is 11.4 Å². The molecule has 0 spiro atoms. The smallest absolute Gasteiger partial charge is 0.408 e. The summed E-state index contributed by atoms with van der Waals surface area (Å²) in [5.41, 5.74) is 1.03. The first-order chi connectivity index (χ1) is 6.89. The van der Waals surface area contributed by atoms with Crippen LogP contribution in [-0.2, 0) is 12.6 Å². The van der Waals surface area contributed by atoms with Crippen molar-refractivity contribution in [2.75, 3.05) is 0 Å². The van der Waals surface area contributed by atoms with Gasteiger partial charge < -0.3 is 9.52 Å². The van der Waals surface area contributed by atoms with Gasteiger partial charge in [0.25, 0.3) is 0 Å². The Morgan fingerprint density at radius 3 is 2.67 bits per heavy atom. The zero-order valence-electron chi connectivity index (χ0n) is 8.94. The lowest BCUT2D eigenvalue weighted by Crippen LogP contribution is -2.15. The Kier molecular flexibility index (Phi) is 1.98. The predicted octanol–water partition coefficient (Wildman–Crippen LogP) is 1.36. The fraction of sp³-hybridized carbons (Fsp3) is 0.364. The number of nitrogens with zero attached hydrogens (tertiary/aromatic N) is 1. The molecule has 2 rings (SSSR count). The quantitative estimate of drug-likeness (QED) is 0.768. The Balaban J connectivity index is 2.73. The van der Waals surface area contributed by atoms with E-state index in [1.807, 2.05) is 0 Å². The molecule has 1 heterocycles. The van der Waals surface area contributed by atoms with Crippen LogP contribution in [-0.4, -0.2) is 9.67 Å². The minimum Gasteiger partial charge on any atom is -0.408 e. The molecule has 0 saturated carbocycles. The Morgan fingerprint density at radius 2 is 2.07 bits per heavy atom. The Hall–Kier alpha value is -1.55. The second kappa shape index (κ2) is 2.97. The molecule has 1 N–H and O–H groups in total. The van der Waals surface area contributed by atoms with Gasteiger partial charge in [0.1, 0.15) is 0 Å². The van der Waals surface area contributed by atoms with Crippen molar-refractivity contribution in [1.29, 1.82) is 0 Å². The number of hydrogen-bond acceptors (Lipinski definition) is 3. The summed E-state index contributed by atoms with van der Waals surface area (Å²) in [6.45, 7) is 3.38. The minimum absolute atomic E-state index is 0.391. The van der Waals surface area contributed by atoms with Crippen molar-refractivity contribution >= 4 is 11.1 Å². The van der Waals surface area contributed by atoms with Crippen LogP contribution in [0, 0.1) is 0 Å². The first-order valence-corrected chi connectivity index (χ1v) is 4.72. The summed E-state index contributed by atoms with van der Waals surface area (Å²) < 4.78 is 6.46. The maximum absolute atomic E-state index is 11.2. The molecule has 0 atom stereocenters. The Bertz CT molecular complexity index is 557. The highest BCUT2D eigenvalue weighted by molar-refractivity contribution is 5.73. The molecule has 0 aliphatic carbocycles. The van der Waals surface area contributed by atoms with Crippen molar-refractivity contribution in [1.82, 2.24) is 4.57 Å². The molecular formula is C11H13NO3. The van der Waals surface area contributed by atoms with E-state index in [4.69, 9.17) is 4.42 Å². The van der Waals surface area contributed by atoms with Crippen molar-refractivity contribution in [3.8, 4) is 0 Å². The van der Waals surface area contributed by atoms with E-state index in [-0.39, 0.29) is 0 Å². The minimum atomic E-state index is -0.928. The zero-order chi connectivity index (χ0) is 11.2. The van der Waals surface area contributed by atoms with Crippen LogP contribution in [0.3, 0.4) is 0 Å². The molecule has 4 nitrogen and oxygen atoms in total. The van der Waals surface area contributed by atoms with Crippen LogP contribution < -0.4 is 5.76 Å². The number of aryl methyl sites for hydroxylation is 1. The highest BCUT2D eigenvalue weighted by Gasteiger charge is 2.17. The van der Waals surface area contributed by atoms with Gasteiger partial charge in [-0.1, -0.05) is 6.07 Å². The number of oxazole rings is 1. The molecule has 1 aromatic heterocycles. The molecule has 2 aromatic rings.